The van der Waals surface area contributed by atoms with Crippen LogP contribution in [0.2, 0.25) is 0 Å². The molecule has 7 rings (SSSR count). The van der Waals surface area contributed by atoms with Crippen LogP contribution in [0.3, 0.4) is 0 Å². The number of allylic oxidation sites excluding steroid dienone is 1. The number of aromatic nitrogens is 1. The lowest BCUT2D eigenvalue weighted by molar-refractivity contribution is 0.128. The van der Waals surface area contributed by atoms with Crippen molar-refractivity contribution in [2.75, 3.05) is 11.4 Å². The average molecular weight is 468 g/mol. The van der Waals surface area contributed by atoms with Gasteiger partial charge in [-0.25, -0.2) is 0 Å². The van der Waals surface area contributed by atoms with Gasteiger partial charge in [0.15, 0.2) is 11.5 Å². The molecule has 4 aliphatic heterocycles. The molecular formula is C29H29N3OS. The molecule has 172 valence electrons. The summed E-state index contributed by atoms with van der Waals surface area (Å²) in [7, 11) is 0. The number of para-hydroxylation sites is 2. The van der Waals surface area contributed by atoms with Gasteiger partial charge in [-0.2, -0.15) is 0 Å². The van der Waals surface area contributed by atoms with E-state index in [1.54, 1.807) is 0 Å². The molecule has 4 aliphatic rings. The van der Waals surface area contributed by atoms with Crippen molar-refractivity contribution in [3.05, 3.63) is 78.5 Å². The molecule has 0 saturated carbocycles. The highest BCUT2D eigenvalue weighted by Crippen LogP contribution is 2.51. The number of nitrogens with zero attached hydrogens (tertiary/aromatic N) is 3. The minimum Gasteiger partial charge on any atom is -0.453 e. The zero-order chi connectivity index (χ0) is 22.5. The number of rotatable bonds is 4. The van der Waals surface area contributed by atoms with Crippen LogP contribution in [0, 0.1) is 0 Å². The van der Waals surface area contributed by atoms with Gasteiger partial charge in [-0.05, 0) is 73.4 Å². The van der Waals surface area contributed by atoms with Crippen LogP contribution in [0.5, 0.6) is 11.5 Å². The van der Waals surface area contributed by atoms with Crippen LogP contribution in [-0.2, 0) is 0 Å². The number of anilines is 2. The second-order valence-electron chi connectivity index (χ2n) is 9.94. The molecule has 0 amide bonds. The first-order valence-electron chi connectivity index (χ1n) is 12.5. The molecule has 2 saturated heterocycles. The standard InChI is InChI=1S/C29H29N3OS/c1-2-8-28-26(7-1)32(27-12-9-20(15-29(27)33-28)21-5-3-13-30-18-21)24-16-22-10-11-23(17-24)31(22)19-25-6-4-14-34-25/h1-5,7-9,12-15,18,22-25H,6,10-11,16-17,19H2/t22-,23+,24+,25?. The van der Waals surface area contributed by atoms with E-state index in [-0.39, 0.29) is 0 Å². The van der Waals surface area contributed by atoms with Gasteiger partial charge in [0.25, 0.3) is 0 Å². The minimum absolute atomic E-state index is 0.496. The molecule has 4 atom stereocenters. The van der Waals surface area contributed by atoms with Crippen LogP contribution in [-0.4, -0.2) is 39.8 Å². The Kier molecular flexibility index (Phi) is 5.13. The van der Waals surface area contributed by atoms with E-state index in [1.165, 1.54) is 50.0 Å². The topological polar surface area (TPSA) is 28.6 Å². The Hall–Kier alpha value is -2.76. The Morgan fingerprint density at radius 1 is 0.882 bits per heavy atom. The van der Waals surface area contributed by atoms with Crippen LogP contribution in [0.1, 0.15) is 32.1 Å². The monoisotopic (exact) mass is 467 g/mol. The molecule has 0 aliphatic carbocycles. The number of pyridine rings is 1. The first-order chi connectivity index (χ1) is 16.8. The maximum Gasteiger partial charge on any atom is 0.151 e. The van der Waals surface area contributed by atoms with Crippen molar-refractivity contribution < 1.29 is 4.74 Å². The first kappa shape index (κ1) is 20.6. The molecule has 3 aromatic rings. The molecular weight excluding hydrogens is 438 g/mol. The number of piperidine rings is 1. The average Bonchev–Trinajstić information content (AvgIpc) is 3.47. The third-order valence-corrected chi connectivity index (χ3v) is 9.04. The molecule has 2 fully saturated rings. The molecule has 2 aromatic carbocycles. The van der Waals surface area contributed by atoms with Crippen molar-refractivity contribution in [1.29, 1.82) is 0 Å². The van der Waals surface area contributed by atoms with E-state index in [0.29, 0.717) is 18.1 Å². The first-order valence-corrected chi connectivity index (χ1v) is 13.4. The molecule has 1 unspecified atom stereocenters. The number of hydrogen-bond donors (Lipinski definition) is 0. The molecule has 0 spiro atoms. The summed E-state index contributed by atoms with van der Waals surface area (Å²) in [6.45, 7) is 1.24. The van der Waals surface area contributed by atoms with Crippen LogP contribution < -0.4 is 9.64 Å². The van der Waals surface area contributed by atoms with E-state index < -0.39 is 0 Å². The third-order valence-electron chi connectivity index (χ3n) is 7.96. The number of ether oxygens (including phenoxy) is 1. The fourth-order valence-electron chi connectivity index (χ4n) is 6.43. The van der Waals surface area contributed by atoms with Crippen molar-refractivity contribution in [1.82, 2.24) is 9.88 Å². The highest BCUT2D eigenvalue weighted by atomic mass is 32.2. The van der Waals surface area contributed by atoms with Gasteiger partial charge in [0, 0.05) is 47.9 Å². The van der Waals surface area contributed by atoms with Crippen molar-refractivity contribution in [3.63, 3.8) is 0 Å². The van der Waals surface area contributed by atoms with E-state index >= 15 is 0 Å². The Morgan fingerprint density at radius 3 is 2.53 bits per heavy atom. The maximum atomic E-state index is 6.46. The Balaban J connectivity index is 1.21. The molecule has 4 nitrogen and oxygen atoms in total. The van der Waals surface area contributed by atoms with E-state index in [9.17, 15) is 0 Å². The summed E-state index contributed by atoms with van der Waals surface area (Å²) >= 11 is 2.02. The summed E-state index contributed by atoms with van der Waals surface area (Å²) in [5, 5.41) is 3.04. The smallest absolute Gasteiger partial charge is 0.151 e. The lowest BCUT2D eigenvalue weighted by Gasteiger charge is -2.46. The zero-order valence-corrected chi connectivity index (χ0v) is 20.0. The van der Waals surface area contributed by atoms with Crippen molar-refractivity contribution in [3.8, 4) is 22.6 Å². The molecule has 5 heteroatoms. The molecule has 0 radical (unpaired) electrons. The molecule has 2 bridgehead atoms. The Morgan fingerprint density at radius 2 is 1.74 bits per heavy atom. The summed E-state index contributed by atoms with van der Waals surface area (Å²) in [5.74, 6) is 1.91. The normalized spacial score (nSPS) is 27.4. The van der Waals surface area contributed by atoms with Gasteiger partial charge in [-0.3, -0.25) is 9.88 Å². The van der Waals surface area contributed by atoms with Gasteiger partial charge in [0.05, 0.1) is 11.4 Å². The van der Waals surface area contributed by atoms with Gasteiger partial charge < -0.3 is 9.64 Å². The van der Waals surface area contributed by atoms with Gasteiger partial charge in [0.2, 0.25) is 0 Å². The summed E-state index contributed by atoms with van der Waals surface area (Å²) < 4.78 is 6.46. The summed E-state index contributed by atoms with van der Waals surface area (Å²) in [4.78, 5) is 9.74. The fourth-order valence-corrected chi connectivity index (χ4v) is 7.35. The maximum absolute atomic E-state index is 6.46. The van der Waals surface area contributed by atoms with Crippen LogP contribution >= 0.6 is 11.8 Å². The van der Waals surface area contributed by atoms with Crippen molar-refractivity contribution >= 4 is 23.1 Å². The summed E-state index contributed by atoms with van der Waals surface area (Å²) in [6, 6.07) is 21.2. The highest BCUT2D eigenvalue weighted by molar-refractivity contribution is 8.03. The van der Waals surface area contributed by atoms with Crippen molar-refractivity contribution in [2.45, 2.75) is 55.5 Å². The molecule has 5 heterocycles. The van der Waals surface area contributed by atoms with Crippen LogP contribution in [0.25, 0.3) is 11.1 Å². The number of fused-ring (bicyclic) bond motifs is 4. The predicted molar refractivity (Wildman–Crippen MR) is 140 cm³/mol. The van der Waals surface area contributed by atoms with E-state index in [1.807, 2.05) is 30.2 Å². The van der Waals surface area contributed by atoms with Crippen LogP contribution in [0.4, 0.5) is 11.4 Å². The second-order valence-corrected chi connectivity index (χ2v) is 11.1. The predicted octanol–water partition coefficient (Wildman–Crippen LogP) is 7.01. The third kappa shape index (κ3) is 3.53. The van der Waals surface area contributed by atoms with E-state index in [0.717, 1.165) is 27.9 Å². The number of benzene rings is 2. The number of hydrogen-bond acceptors (Lipinski definition) is 5. The molecule has 34 heavy (non-hydrogen) atoms. The SMILES string of the molecule is C1=CSC(CN2[C@@H]3CC[C@H]2C[C@@H](N2c4ccccc4Oc4cc(-c5cccnc5)ccc42)C3)C1. The second kappa shape index (κ2) is 8.47. The van der Waals surface area contributed by atoms with Crippen molar-refractivity contribution in [2.24, 2.45) is 0 Å². The Labute approximate surface area is 205 Å². The van der Waals surface area contributed by atoms with Gasteiger partial charge in [0.1, 0.15) is 0 Å². The molecule has 1 aromatic heterocycles. The van der Waals surface area contributed by atoms with Gasteiger partial charge >= 0.3 is 0 Å². The fraction of sp³-hybridized carbons (Fsp3) is 0.345. The van der Waals surface area contributed by atoms with Crippen LogP contribution in [0.15, 0.2) is 78.5 Å². The lowest BCUT2D eigenvalue weighted by atomic mass is 9.93. The largest absolute Gasteiger partial charge is 0.453 e. The Bertz CT molecular complexity index is 1210. The van der Waals surface area contributed by atoms with Gasteiger partial charge in [-0.15, -0.1) is 11.8 Å². The van der Waals surface area contributed by atoms with Gasteiger partial charge in [-0.1, -0.05) is 30.3 Å². The quantitative estimate of drug-likeness (QED) is 0.412. The summed E-state index contributed by atoms with van der Waals surface area (Å²) in [6.07, 6.45) is 12.4. The lowest BCUT2D eigenvalue weighted by Crippen LogP contribution is -2.51. The minimum atomic E-state index is 0.496. The van der Waals surface area contributed by atoms with E-state index in [4.69, 9.17) is 4.74 Å². The number of thioether (sulfide) groups is 1. The highest BCUT2D eigenvalue weighted by Gasteiger charge is 2.44. The zero-order valence-electron chi connectivity index (χ0n) is 19.2. The molecule has 0 N–H and O–H groups in total. The summed E-state index contributed by atoms with van der Waals surface area (Å²) in [5.41, 5.74) is 4.66. The van der Waals surface area contributed by atoms with E-state index in [2.05, 4.69) is 74.8 Å².